The number of rotatable bonds is 4. The fraction of sp³-hybridized carbons (Fsp3) is 0.182. The molecular weight excluding hydrogens is 390 g/mol. The number of carbonyl (C=O) groups is 3. The average Bonchev–Trinajstić information content (AvgIpc) is 2.99. The number of aryl methyl sites for hydroxylation is 1. The molecule has 1 aromatic heterocycles. The van der Waals surface area contributed by atoms with Gasteiger partial charge in [-0.15, -0.1) is 0 Å². The molecule has 2 aromatic carbocycles. The van der Waals surface area contributed by atoms with Crippen LogP contribution in [0.5, 0.6) is 5.75 Å². The Morgan fingerprint density at radius 2 is 1.73 bits per heavy atom. The quantitative estimate of drug-likeness (QED) is 0.402. The van der Waals surface area contributed by atoms with Crippen molar-refractivity contribution in [1.29, 1.82) is 0 Å². The number of nitrogens with zero attached hydrogens (tertiary/aromatic N) is 1. The minimum absolute atomic E-state index is 0.0287. The first-order chi connectivity index (χ1) is 14.3. The van der Waals surface area contributed by atoms with E-state index in [0.29, 0.717) is 16.5 Å². The number of hydrogen-bond acceptors (Lipinski definition) is 7. The highest BCUT2D eigenvalue weighted by atomic mass is 16.5. The Kier molecular flexibility index (Phi) is 4.62. The topological polar surface area (TPSA) is 114 Å². The standard InChI is InChI=1S/C22H17NO7/c1-11-17(24)8-7-14-13(9-18(25)30-19(11)14)10-29-22(28)12(2)23-20(26)15-5-3-4-6-16(15)21(23)27/h3-9,12,24H,10H2,1-2H3/t12-/m1/s1. The summed E-state index contributed by atoms with van der Waals surface area (Å²) in [5, 5.41) is 10.3. The van der Waals surface area contributed by atoms with E-state index in [-0.39, 0.29) is 29.1 Å². The number of phenols is 1. The number of aromatic hydroxyl groups is 1. The number of esters is 1. The van der Waals surface area contributed by atoms with Gasteiger partial charge in [-0.3, -0.25) is 14.5 Å². The monoisotopic (exact) mass is 407 g/mol. The number of phenolic OH excluding ortho intramolecular Hbond substituents is 1. The van der Waals surface area contributed by atoms with Gasteiger partial charge in [0.2, 0.25) is 0 Å². The zero-order valence-electron chi connectivity index (χ0n) is 16.2. The molecule has 8 heteroatoms. The molecule has 0 radical (unpaired) electrons. The van der Waals surface area contributed by atoms with Crippen LogP contribution in [0.15, 0.2) is 51.7 Å². The van der Waals surface area contributed by atoms with Crippen LogP contribution in [0.25, 0.3) is 11.0 Å². The average molecular weight is 407 g/mol. The molecule has 2 amide bonds. The summed E-state index contributed by atoms with van der Waals surface area (Å²) < 4.78 is 10.5. The van der Waals surface area contributed by atoms with Crippen molar-refractivity contribution in [2.75, 3.05) is 0 Å². The molecule has 0 spiro atoms. The predicted molar refractivity (Wildman–Crippen MR) is 105 cm³/mol. The van der Waals surface area contributed by atoms with Gasteiger partial charge in [-0.2, -0.15) is 0 Å². The summed E-state index contributed by atoms with van der Waals surface area (Å²) in [5.41, 5.74) is 0.787. The molecule has 30 heavy (non-hydrogen) atoms. The van der Waals surface area contributed by atoms with Gasteiger partial charge in [0.15, 0.2) is 0 Å². The molecule has 3 aromatic rings. The van der Waals surface area contributed by atoms with Gasteiger partial charge >= 0.3 is 11.6 Å². The molecular formula is C22H17NO7. The van der Waals surface area contributed by atoms with E-state index < -0.39 is 29.5 Å². The van der Waals surface area contributed by atoms with Crippen molar-refractivity contribution in [3.8, 4) is 5.75 Å². The van der Waals surface area contributed by atoms with Gasteiger partial charge in [-0.05, 0) is 38.1 Å². The van der Waals surface area contributed by atoms with E-state index >= 15 is 0 Å². The van der Waals surface area contributed by atoms with Gasteiger partial charge in [0.1, 0.15) is 24.0 Å². The van der Waals surface area contributed by atoms with Gasteiger partial charge in [0, 0.05) is 22.6 Å². The summed E-state index contributed by atoms with van der Waals surface area (Å²) in [5.74, 6) is -1.94. The van der Waals surface area contributed by atoms with E-state index in [1.54, 1.807) is 25.1 Å². The Morgan fingerprint density at radius 1 is 1.10 bits per heavy atom. The lowest BCUT2D eigenvalue weighted by atomic mass is 10.1. The van der Waals surface area contributed by atoms with Crippen molar-refractivity contribution in [3.05, 3.63) is 75.1 Å². The fourth-order valence-electron chi connectivity index (χ4n) is 3.47. The van der Waals surface area contributed by atoms with Gasteiger partial charge < -0.3 is 14.3 Å². The highest BCUT2D eigenvalue weighted by Gasteiger charge is 2.41. The Morgan fingerprint density at radius 3 is 2.37 bits per heavy atom. The number of benzene rings is 2. The summed E-state index contributed by atoms with van der Waals surface area (Å²) in [6.45, 7) is 2.74. The highest BCUT2D eigenvalue weighted by molar-refractivity contribution is 6.22. The third-order valence-corrected chi connectivity index (χ3v) is 5.14. The smallest absolute Gasteiger partial charge is 0.336 e. The number of imide groups is 1. The molecule has 0 fully saturated rings. The van der Waals surface area contributed by atoms with E-state index in [9.17, 15) is 24.3 Å². The van der Waals surface area contributed by atoms with Crippen LogP contribution in [0.4, 0.5) is 0 Å². The molecule has 0 aliphatic carbocycles. The lowest BCUT2D eigenvalue weighted by Gasteiger charge is -2.21. The molecule has 8 nitrogen and oxygen atoms in total. The van der Waals surface area contributed by atoms with Gasteiger partial charge in [0.05, 0.1) is 11.1 Å². The first-order valence-corrected chi connectivity index (χ1v) is 9.18. The van der Waals surface area contributed by atoms with Crippen LogP contribution >= 0.6 is 0 Å². The van der Waals surface area contributed by atoms with E-state index in [2.05, 4.69) is 0 Å². The van der Waals surface area contributed by atoms with Crippen LogP contribution in [0, 0.1) is 6.92 Å². The van der Waals surface area contributed by atoms with Crippen molar-refractivity contribution in [2.45, 2.75) is 26.5 Å². The lowest BCUT2D eigenvalue weighted by Crippen LogP contribution is -2.43. The predicted octanol–water partition coefficient (Wildman–Crippen LogP) is 2.53. The molecule has 0 bridgehead atoms. The number of fused-ring (bicyclic) bond motifs is 2. The lowest BCUT2D eigenvalue weighted by molar-refractivity contribution is -0.149. The van der Waals surface area contributed by atoms with Crippen molar-refractivity contribution in [3.63, 3.8) is 0 Å². The van der Waals surface area contributed by atoms with Crippen LogP contribution in [0.3, 0.4) is 0 Å². The molecule has 4 rings (SSSR count). The third-order valence-electron chi connectivity index (χ3n) is 5.14. The van der Waals surface area contributed by atoms with E-state index in [1.165, 1.54) is 31.2 Å². The molecule has 1 aliphatic rings. The van der Waals surface area contributed by atoms with Crippen LogP contribution < -0.4 is 5.63 Å². The molecule has 0 unspecified atom stereocenters. The number of hydrogen-bond donors (Lipinski definition) is 1. The first-order valence-electron chi connectivity index (χ1n) is 9.18. The summed E-state index contributed by atoms with van der Waals surface area (Å²) in [6.07, 6.45) is 0. The maximum absolute atomic E-state index is 12.6. The Balaban J connectivity index is 1.56. The number of amides is 2. The maximum Gasteiger partial charge on any atom is 0.336 e. The highest BCUT2D eigenvalue weighted by Crippen LogP contribution is 2.28. The molecule has 2 heterocycles. The van der Waals surface area contributed by atoms with Gasteiger partial charge in [-0.1, -0.05) is 12.1 Å². The van der Waals surface area contributed by atoms with Crippen molar-refractivity contribution < 1.29 is 28.6 Å². The molecule has 152 valence electrons. The minimum Gasteiger partial charge on any atom is -0.508 e. The van der Waals surface area contributed by atoms with E-state index in [1.807, 2.05) is 0 Å². The van der Waals surface area contributed by atoms with Crippen LogP contribution in [0.1, 0.15) is 38.8 Å². The SMILES string of the molecule is Cc1c(O)ccc2c(COC(=O)[C@@H](C)N3C(=O)c4ccccc4C3=O)cc(=O)oc12. The second-order valence-electron chi connectivity index (χ2n) is 6.99. The normalized spacial score (nSPS) is 14.1. The fourth-order valence-corrected chi connectivity index (χ4v) is 3.47. The second kappa shape index (κ2) is 7.14. The Hall–Kier alpha value is -3.94. The minimum atomic E-state index is -1.14. The Labute approximate surface area is 170 Å². The molecule has 1 N–H and O–H groups in total. The van der Waals surface area contributed by atoms with Gasteiger partial charge in [-0.25, -0.2) is 9.59 Å². The summed E-state index contributed by atoms with van der Waals surface area (Å²) in [6, 6.07) is 9.39. The Bertz CT molecular complexity index is 1240. The van der Waals surface area contributed by atoms with Gasteiger partial charge in [0.25, 0.3) is 11.8 Å². The zero-order valence-corrected chi connectivity index (χ0v) is 16.2. The largest absolute Gasteiger partial charge is 0.508 e. The maximum atomic E-state index is 12.6. The van der Waals surface area contributed by atoms with Crippen LogP contribution in [-0.2, 0) is 16.1 Å². The first kappa shape index (κ1) is 19.4. The van der Waals surface area contributed by atoms with Crippen LogP contribution in [0.2, 0.25) is 0 Å². The molecule has 1 atom stereocenters. The number of carbonyl (C=O) groups excluding carboxylic acids is 3. The van der Waals surface area contributed by atoms with E-state index in [0.717, 1.165) is 4.90 Å². The third kappa shape index (κ3) is 3.02. The number of ether oxygens (including phenoxy) is 1. The molecule has 1 aliphatic heterocycles. The summed E-state index contributed by atoms with van der Waals surface area (Å²) in [4.78, 5) is 50.4. The van der Waals surface area contributed by atoms with Crippen LogP contribution in [-0.4, -0.2) is 33.8 Å². The van der Waals surface area contributed by atoms with Crippen molar-refractivity contribution in [1.82, 2.24) is 4.90 Å². The second-order valence-corrected chi connectivity index (χ2v) is 6.99. The van der Waals surface area contributed by atoms with E-state index in [4.69, 9.17) is 9.15 Å². The van der Waals surface area contributed by atoms with Crippen molar-refractivity contribution in [2.24, 2.45) is 0 Å². The summed E-state index contributed by atoms with van der Waals surface area (Å²) >= 11 is 0. The molecule has 0 saturated heterocycles. The summed E-state index contributed by atoms with van der Waals surface area (Å²) in [7, 11) is 0. The van der Waals surface area contributed by atoms with Crippen molar-refractivity contribution >= 4 is 28.8 Å². The molecule has 0 saturated carbocycles. The zero-order chi connectivity index (χ0) is 21.6.